The van der Waals surface area contributed by atoms with Crippen LogP contribution >= 0.6 is 0 Å². The third kappa shape index (κ3) is 5.02. The van der Waals surface area contributed by atoms with Crippen molar-refractivity contribution < 1.29 is 19.8 Å². The summed E-state index contributed by atoms with van der Waals surface area (Å²) in [5.41, 5.74) is 0.781. The second-order valence-electron chi connectivity index (χ2n) is 3.34. The SMILES string of the molecule is C=C(C)CN(C)C(=O)N[C@@H](CO)C(=O)O. The Bertz CT molecular complexity index is 265. The van der Waals surface area contributed by atoms with Gasteiger partial charge < -0.3 is 20.4 Å². The molecule has 2 amide bonds. The molecule has 0 heterocycles. The predicted molar refractivity (Wildman–Crippen MR) is 54.5 cm³/mol. The Morgan fingerprint density at radius 3 is 2.40 bits per heavy atom. The van der Waals surface area contributed by atoms with E-state index in [1.54, 1.807) is 6.92 Å². The van der Waals surface area contributed by atoms with Gasteiger partial charge in [0.2, 0.25) is 0 Å². The number of nitrogens with zero attached hydrogens (tertiary/aromatic N) is 1. The molecule has 0 radical (unpaired) electrons. The maximum atomic E-state index is 11.4. The Kier molecular flexibility index (Phi) is 5.40. The van der Waals surface area contributed by atoms with E-state index in [0.717, 1.165) is 5.57 Å². The van der Waals surface area contributed by atoms with Gasteiger partial charge in [-0.25, -0.2) is 9.59 Å². The zero-order valence-corrected chi connectivity index (χ0v) is 8.86. The summed E-state index contributed by atoms with van der Waals surface area (Å²) in [7, 11) is 1.51. The van der Waals surface area contributed by atoms with E-state index in [1.165, 1.54) is 11.9 Å². The molecule has 1 atom stereocenters. The van der Waals surface area contributed by atoms with E-state index in [0.29, 0.717) is 6.54 Å². The predicted octanol–water partition coefficient (Wildman–Crippen LogP) is -0.351. The van der Waals surface area contributed by atoms with Crippen LogP contribution in [-0.2, 0) is 4.79 Å². The summed E-state index contributed by atoms with van der Waals surface area (Å²) < 4.78 is 0. The summed E-state index contributed by atoms with van der Waals surface area (Å²) in [5.74, 6) is -1.27. The van der Waals surface area contributed by atoms with Crippen molar-refractivity contribution in [3.63, 3.8) is 0 Å². The number of likely N-dealkylation sites (N-methyl/N-ethyl adjacent to an activating group) is 1. The normalized spacial score (nSPS) is 11.7. The summed E-state index contributed by atoms with van der Waals surface area (Å²) in [6.45, 7) is 5.08. The molecule has 0 saturated heterocycles. The Balaban J connectivity index is 4.21. The highest BCUT2D eigenvalue weighted by molar-refractivity contribution is 5.82. The molecule has 0 bridgehead atoms. The third-order valence-electron chi connectivity index (χ3n) is 1.63. The van der Waals surface area contributed by atoms with Crippen LogP contribution in [-0.4, -0.2) is 53.4 Å². The highest BCUT2D eigenvalue weighted by atomic mass is 16.4. The molecule has 0 aromatic carbocycles. The van der Waals surface area contributed by atoms with Crippen LogP contribution in [0.4, 0.5) is 4.79 Å². The van der Waals surface area contributed by atoms with Gasteiger partial charge in [-0.3, -0.25) is 0 Å². The monoisotopic (exact) mass is 216 g/mol. The molecule has 0 fully saturated rings. The Hall–Kier alpha value is -1.56. The first kappa shape index (κ1) is 13.4. The van der Waals surface area contributed by atoms with E-state index >= 15 is 0 Å². The number of nitrogens with one attached hydrogen (secondary N) is 1. The molecule has 0 unspecified atom stereocenters. The van der Waals surface area contributed by atoms with Gasteiger partial charge in [0, 0.05) is 13.6 Å². The number of hydrogen-bond acceptors (Lipinski definition) is 3. The molecule has 86 valence electrons. The molecule has 0 aliphatic carbocycles. The maximum Gasteiger partial charge on any atom is 0.328 e. The molecule has 6 nitrogen and oxygen atoms in total. The second-order valence-corrected chi connectivity index (χ2v) is 3.34. The number of urea groups is 1. The van der Waals surface area contributed by atoms with E-state index in [2.05, 4.69) is 11.9 Å². The lowest BCUT2D eigenvalue weighted by molar-refractivity contribution is -0.140. The van der Waals surface area contributed by atoms with E-state index in [-0.39, 0.29) is 0 Å². The van der Waals surface area contributed by atoms with Gasteiger partial charge in [0.1, 0.15) is 0 Å². The van der Waals surface area contributed by atoms with Crippen LogP contribution in [0.15, 0.2) is 12.2 Å². The van der Waals surface area contributed by atoms with Gasteiger partial charge in [-0.15, -0.1) is 0 Å². The van der Waals surface area contributed by atoms with Crippen LogP contribution in [0.1, 0.15) is 6.92 Å². The Morgan fingerprint density at radius 1 is 1.53 bits per heavy atom. The summed E-state index contributed by atoms with van der Waals surface area (Å²) >= 11 is 0. The van der Waals surface area contributed by atoms with Crippen molar-refractivity contribution in [1.82, 2.24) is 10.2 Å². The summed E-state index contributed by atoms with van der Waals surface area (Å²) in [6, 6.07) is -1.83. The number of carbonyl (C=O) groups excluding carboxylic acids is 1. The zero-order chi connectivity index (χ0) is 12.0. The van der Waals surface area contributed by atoms with Crippen LogP contribution in [0, 0.1) is 0 Å². The molecule has 15 heavy (non-hydrogen) atoms. The number of aliphatic hydroxyl groups excluding tert-OH is 1. The highest BCUT2D eigenvalue weighted by Gasteiger charge is 2.20. The fraction of sp³-hybridized carbons (Fsp3) is 0.556. The first-order chi connectivity index (χ1) is 6.88. The zero-order valence-electron chi connectivity index (χ0n) is 8.86. The van der Waals surface area contributed by atoms with Gasteiger partial charge >= 0.3 is 12.0 Å². The van der Waals surface area contributed by atoms with Crippen LogP contribution in [0.3, 0.4) is 0 Å². The average molecular weight is 216 g/mol. The van der Waals surface area contributed by atoms with Crippen LogP contribution in [0.25, 0.3) is 0 Å². The number of carbonyl (C=O) groups is 2. The number of carboxylic acids is 1. The van der Waals surface area contributed by atoms with Crippen LogP contribution < -0.4 is 5.32 Å². The maximum absolute atomic E-state index is 11.4. The fourth-order valence-electron chi connectivity index (χ4n) is 0.921. The lowest BCUT2D eigenvalue weighted by atomic mass is 10.3. The van der Waals surface area contributed by atoms with E-state index in [4.69, 9.17) is 10.2 Å². The van der Waals surface area contributed by atoms with Crippen molar-refractivity contribution in [2.45, 2.75) is 13.0 Å². The molecule has 0 saturated carbocycles. The van der Waals surface area contributed by atoms with Gasteiger partial charge in [-0.05, 0) is 6.92 Å². The van der Waals surface area contributed by atoms with Crippen molar-refractivity contribution in [2.24, 2.45) is 0 Å². The molecule has 0 aromatic rings. The van der Waals surface area contributed by atoms with E-state index in [9.17, 15) is 9.59 Å². The number of aliphatic hydroxyl groups is 1. The van der Waals surface area contributed by atoms with Gasteiger partial charge in [0.15, 0.2) is 6.04 Å². The fourth-order valence-corrected chi connectivity index (χ4v) is 0.921. The lowest BCUT2D eigenvalue weighted by Gasteiger charge is -2.20. The number of amides is 2. The van der Waals surface area contributed by atoms with Crippen molar-refractivity contribution in [3.8, 4) is 0 Å². The number of aliphatic carboxylic acids is 1. The largest absolute Gasteiger partial charge is 0.480 e. The molecule has 6 heteroatoms. The number of carboxylic acid groups (broad SMARTS) is 1. The third-order valence-corrected chi connectivity index (χ3v) is 1.63. The molecule has 0 aliphatic heterocycles. The van der Waals surface area contributed by atoms with E-state index in [1.807, 2.05) is 0 Å². The highest BCUT2D eigenvalue weighted by Crippen LogP contribution is 1.94. The topological polar surface area (TPSA) is 89.9 Å². The molecule has 0 spiro atoms. The minimum absolute atomic E-state index is 0.337. The van der Waals surface area contributed by atoms with Gasteiger partial charge in [0.05, 0.1) is 6.61 Å². The quantitative estimate of drug-likeness (QED) is 0.548. The van der Waals surface area contributed by atoms with E-state index < -0.39 is 24.6 Å². The molecular formula is C9H16N2O4. The first-order valence-corrected chi connectivity index (χ1v) is 4.38. The first-order valence-electron chi connectivity index (χ1n) is 4.38. The Morgan fingerprint density at radius 2 is 2.07 bits per heavy atom. The van der Waals surface area contributed by atoms with Crippen molar-refractivity contribution >= 4 is 12.0 Å². The smallest absolute Gasteiger partial charge is 0.328 e. The van der Waals surface area contributed by atoms with Gasteiger partial charge in [-0.1, -0.05) is 12.2 Å². The summed E-state index contributed by atoms with van der Waals surface area (Å²) in [6.07, 6.45) is 0. The lowest BCUT2D eigenvalue weighted by Crippen LogP contribution is -2.48. The van der Waals surface area contributed by atoms with Crippen molar-refractivity contribution in [3.05, 3.63) is 12.2 Å². The minimum atomic E-state index is -1.27. The van der Waals surface area contributed by atoms with Crippen molar-refractivity contribution in [2.75, 3.05) is 20.2 Å². The minimum Gasteiger partial charge on any atom is -0.480 e. The summed E-state index contributed by atoms with van der Waals surface area (Å²) in [5, 5.41) is 19.4. The molecular weight excluding hydrogens is 200 g/mol. The van der Waals surface area contributed by atoms with Gasteiger partial charge in [-0.2, -0.15) is 0 Å². The second kappa shape index (κ2) is 6.02. The number of hydrogen-bond donors (Lipinski definition) is 3. The standard InChI is InChI=1S/C9H16N2O4/c1-6(2)4-11(3)9(15)10-7(5-12)8(13)14/h7,12H,1,4-5H2,2-3H3,(H,10,15)(H,13,14)/t7-/m0/s1. The van der Waals surface area contributed by atoms with Crippen LogP contribution in [0.2, 0.25) is 0 Å². The molecule has 3 N–H and O–H groups in total. The van der Waals surface area contributed by atoms with Crippen molar-refractivity contribution in [1.29, 1.82) is 0 Å². The molecule has 0 rings (SSSR count). The molecule has 0 aliphatic rings. The summed E-state index contributed by atoms with van der Waals surface area (Å²) in [4.78, 5) is 23.1. The van der Waals surface area contributed by atoms with Gasteiger partial charge in [0.25, 0.3) is 0 Å². The molecule has 0 aromatic heterocycles. The van der Waals surface area contributed by atoms with Crippen LogP contribution in [0.5, 0.6) is 0 Å². The average Bonchev–Trinajstić information content (AvgIpc) is 2.11. The number of rotatable bonds is 5. The Labute approximate surface area is 88.2 Å².